The summed E-state index contributed by atoms with van der Waals surface area (Å²) in [5.41, 5.74) is 14.7. The van der Waals surface area contributed by atoms with Gasteiger partial charge >= 0.3 is 0 Å². The normalized spacial score (nSPS) is 14.5. The fourth-order valence-electron chi connectivity index (χ4n) is 9.14. The van der Waals surface area contributed by atoms with Gasteiger partial charge in [-0.2, -0.15) is 0 Å². The average molecular weight is 709 g/mol. The van der Waals surface area contributed by atoms with E-state index in [-0.39, 0.29) is 10.8 Å². The summed E-state index contributed by atoms with van der Waals surface area (Å²) in [7, 11) is 0. The third-order valence-electron chi connectivity index (χ3n) is 12.0. The molecule has 0 radical (unpaired) electrons. The van der Waals surface area contributed by atoms with Crippen LogP contribution in [0.4, 0.5) is 0 Å². The first-order valence-electron chi connectivity index (χ1n) is 18.8. The molecule has 2 aliphatic carbocycles. The summed E-state index contributed by atoms with van der Waals surface area (Å²) in [5.74, 6) is 2.26. The Hall–Kier alpha value is -6.79. The molecule has 0 saturated heterocycles. The van der Waals surface area contributed by atoms with Crippen molar-refractivity contribution in [1.82, 2.24) is 29.5 Å². The standard InChI is InChI=1S/C49H36N6/c1-48(2)37-19-11-8-16-31(37)33-23-22-30(26-39(33)48)45-52-44(29-14-6-5-7-15-29)53-46(54-45)41-24-25-50-47(51-41)55-42-21-13-10-18-34(42)36-27-35-32-17-9-12-20-38(32)49(3,4)40(35)28-43(36)55/h5-28H,1-4H3. The van der Waals surface area contributed by atoms with Crippen molar-refractivity contribution < 1.29 is 0 Å². The third kappa shape index (κ3) is 4.58. The quantitative estimate of drug-likeness (QED) is 0.182. The number of aromatic nitrogens is 6. The zero-order valence-corrected chi connectivity index (χ0v) is 31.0. The molecule has 0 aliphatic heterocycles. The fraction of sp³-hybridized carbons (Fsp3) is 0.122. The van der Waals surface area contributed by atoms with Gasteiger partial charge in [0.1, 0.15) is 5.69 Å². The summed E-state index contributed by atoms with van der Waals surface area (Å²) >= 11 is 0. The van der Waals surface area contributed by atoms with E-state index in [9.17, 15) is 0 Å². The van der Waals surface area contributed by atoms with Gasteiger partial charge in [-0.1, -0.05) is 137 Å². The lowest BCUT2D eigenvalue weighted by Gasteiger charge is -2.21. The molecule has 0 spiro atoms. The van der Waals surface area contributed by atoms with Gasteiger partial charge in [-0.3, -0.25) is 4.57 Å². The van der Waals surface area contributed by atoms with E-state index in [0.717, 1.165) is 27.5 Å². The zero-order valence-electron chi connectivity index (χ0n) is 31.0. The van der Waals surface area contributed by atoms with Crippen molar-refractivity contribution in [3.8, 4) is 62.5 Å². The Morgan fingerprint density at radius 1 is 0.418 bits per heavy atom. The van der Waals surface area contributed by atoms with Gasteiger partial charge in [0.25, 0.3) is 0 Å². The topological polar surface area (TPSA) is 69.4 Å². The highest BCUT2D eigenvalue weighted by Gasteiger charge is 2.37. The molecule has 0 unspecified atom stereocenters. The van der Waals surface area contributed by atoms with E-state index < -0.39 is 0 Å². The van der Waals surface area contributed by atoms with E-state index in [1.54, 1.807) is 0 Å². The fourth-order valence-corrected chi connectivity index (χ4v) is 9.14. The summed E-state index contributed by atoms with van der Waals surface area (Å²) in [6, 6.07) is 49.3. The number of benzene rings is 6. The molecular weight excluding hydrogens is 673 g/mol. The predicted molar refractivity (Wildman–Crippen MR) is 221 cm³/mol. The van der Waals surface area contributed by atoms with Crippen LogP contribution in [0.15, 0.2) is 146 Å². The highest BCUT2D eigenvalue weighted by molar-refractivity contribution is 6.11. The second kappa shape index (κ2) is 11.4. The monoisotopic (exact) mass is 708 g/mol. The summed E-state index contributed by atoms with van der Waals surface area (Å²) in [5, 5.41) is 2.33. The Morgan fingerprint density at radius 2 is 1.02 bits per heavy atom. The maximum atomic E-state index is 5.23. The largest absolute Gasteiger partial charge is 0.278 e. The molecule has 6 nitrogen and oxygen atoms in total. The molecule has 0 N–H and O–H groups in total. The minimum atomic E-state index is -0.151. The number of fused-ring (bicyclic) bond motifs is 9. The Bertz CT molecular complexity index is 3050. The summed E-state index contributed by atoms with van der Waals surface area (Å²) in [4.78, 5) is 25.4. The molecule has 0 atom stereocenters. The van der Waals surface area contributed by atoms with Gasteiger partial charge in [0, 0.05) is 38.9 Å². The van der Waals surface area contributed by atoms with E-state index in [2.05, 4.69) is 135 Å². The van der Waals surface area contributed by atoms with E-state index in [1.165, 1.54) is 49.9 Å². The number of hydrogen-bond donors (Lipinski definition) is 0. The number of nitrogens with zero attached hydrogens (tertiary/aromatic N) is 6. The highest BCUT2D eigenvalue weighted by Crippen LogP contribution is 2.51. The molecule has 6 heteroatoms. The van der Waals surface area contributed by atoms with Crippen molar-refractivity contribution in [2.24, 2.45) is 0 Å². The van der Waals surface area contributed by atoms with Crippen LogP contribution in [-0.4, -0.2) is 29.5 Å². The van der Waals surface area contributed by atoms with Crippen LogP contribution >= 0.6 is 0 Å². The molecule has 6 aromatic carbocycles. The summed E-state index contributed by atoms with van der Waals surface area (Å²) < 4.78 is 2.19. The number of rotatable bonds is 4. The van der Waals surface area contributed by atoms with E-state index >= 15 is 0 Å². The van der Waals surface area contributed by atoms with Gasteiger partial charge in [0.2, 0.25) is 5.95 Å². The van der Waals surface area contributed by atoms with Crippen molar-refractivity contribution in [3.05, 3.63) is 168 Å². The first-order chi connectivity index (χ1) is 26.8. The van der Waals surface area contributed by atoms with Crippen molar-refractivity contribution in [3.63, 3.8) is 0 Å². The summed E-state index contributed by atoms with van der Waals surface area (Å²) in [6.45, 7) is 9.22. The van der Waals surface area contributed by atoms with Crippen LogP contribution in [0.1, 0.15) is 49.9 Å². The van der Waals surface area contributed by atoms with Crippen LogP contribution in [-0.2, 0) is 10.8 Å². The predicted octanol–water partition coefficient (Wildman–Crippen LogP) is 11.4. The Labute approximate surface area is 319 Å². The Balaban J connectivity index is 1.09. The lowest BCUT2D eigenvalue weighted by atomic mass is 9.82. The molecule has 0 fully saturated rings. The molecule has 0 bridgehead atoms. The van der Waals surface area contributed by atoms with Crippen molar-refractivity contribution in [1.29, 1.82) is 0 Å². The number of hydrogen-bond acceptors (Lipinski definition) is 5. The van der Waals surface area contributed by atoms with Gasteiger partial charge in [0.15, 0.2) is 17.5 Å². The molecule has 55 heavy (non-hydrogen) atoms. The smallest absolute Gasteiger partial charge is 0.235 e. The summed E-state index contributed by atoms with van der Waals surface area (Å²) in [6.07, 6.45) is 1.81. The molecule has 0 amide bonds. The zero-order chi connectivity index (χ0) is 37.1. The maximum Gasteiger partial charge on any atom is 0.235 e. The van der Waals surface area contributed by atoms with Crippen molar-refractivity contribution >= 4 is 21.8 Å². The molecule has 3 aromatic heterocycles. The Morgan fingerprint density at radius 3 is 1.78 bits per heavy atom. The maximum absolute atomic E-state index is 5.23. The molecule has 0 saturated carbocycles. The first-order valence-corrected chi connectivity index (χ1v) is 18.8. The molecule has 3 heterocycles. The minimum Gasteiger partial charge on any atom is -0.278 e. The molecule has 262 valence electrons. The first kappa shape index (κ1) is 31.7. The lowest BCUT2D eigenvalue weighted by molar-refractivity contribution is 0.660. The third-order valence-corrected chi connectivity index (χ3v) is 12.0. The second-order valence-corrected chi connectivity index (χ2v) is 15.8. The minimum absolute atomic E-state index is 0.144. The van der Waals surface area contributed by atoms with Gasteiger partial charge in [-0.15, -0.1) is 0 Å². The SMILES string of the molecule is CC1(C)c2ccccc2-c2ccc(-c3nc(-c4ccccc4)nc(-c4ccnc(-n5c6ccccc6c6cc7c(cc65)C(C)(C)c5ccccc5-7)n4)n3)cc21. The van der Waals surface area contributed by atoms with Crippen LogP contribution in [0.5, 0.6) is 0 Å². The van der Waals surface area contributed by atoms with Crippen LogP contribution < -0.4 is 0 Å². The van der Waals surface area contributed by atoms with Crippen molar-refractivity contribution in [2.75, 3.05) is 0 Å². The van der Waals surface area contributed by atoms with Gasteiger partial charge in [-0.25, -0.2) is 24.9 Å². The van der Waals surface area contributed by atoms with Crippen LogP contribution in [0, 0.1) is 0 Å². The lowest BCUT2D eigenvalue weighted by Crippen LogP contribution is -2.15. The average Bonchev–Trinajstić information content (AvgIpc) is 3.76. The Kier molecular flexibility index (Phi) is 6.55. The molecule has 9 aromatic rings. The van der Waals surface area contributed by atoms with Crippen LogP contribution in [0.2, 0.25) is 0 Å². The molecule has 2 aliphatic rings. The van der Waals surface area contributed by atoms with E-state index in [0.29, 0.717) is 29.1 Å². The van der Waals surface area contributed by atoms with E-state index in [4.69, 9.17) is 24.9 Å². The van der Waals surface area contributed by atoms with Crippen LogP contribution in [0.25, 0.3) is 84.3 Å². The second-order valence-electron chi connectivity index (χ2n) is 15.8. The molecule has 11 rings (SSSR count). The van der Waals surface area contributed by atoms with E-state index in [1.807, 2.05) is 42.6 Å². The van der Waals surface area contributed by atoms with Crippen molar-refractivity contribution in [2.45, 2.75) is 38.5 Å². The highest BCUT2D eigenvalue weighted by atomic mass is 15.2. The van der Waals surface area contributed by atoms with Gasteiger partial charge in [0.05, 0.1) is 11.0 Å². The number of para-hydroxylation sites is 1. The van der Waals surface area contributed by atoms with Gasteiger partial charge in [-0.05, 0) is 74.8 Å². The molecular formula is C49H36N6. The van der Waals surface area contributed by atoms with Crippen LogP contribution in [0.3, 0.4) is 0 Å². The van der Waals surface area contributed by atoms with Gasteiger partial charge < -0.3 is 0 Å².